The molecule has 31 heavy (non-hydrogen) atoms. The van der Waals surface area contributed by atoms with Gasteiger partial charge in [0.2, 0.25) is 0 Å². The van der Waals surface area contributed by atoms with Crippen molar-refractivity contribution in [1.82, 2.24) is 40.5 Å². The minimum absolute atomic E-state index is 0.181. The van der Waals surface area contributed by atoms with Crippen LogP contribution in [0.15, 0.2) is 49.1 Å². The Bertz CT molecular complexity index is 1140. The monoisotopic (exact) mass is 414 g/mol. The summed E-state index contributed by atoms with van der Waals surface area (Å²) in [4.78, 5) is 24.9. The second-order valence-electron chi connectivity index (χ2n) is 7.90. The molecular formula is C23H26N8. The number of aromatic nitrogens is 6. The maximum absolute atomic E-state index is 4.57. The summed E-state index contributed by atoms with van der Waals surface area (Å²) in [7, 11) is 1.92. The van der Waals surface area contributed by atoms with Crippen LogP contribution in [0.3, 0.4) is 0 Å². The number of nitrogens with one attached hydrogen (secondary N) is 4. The molecule has 4 heterocycles. The lowest BCUT2D eigenvalue weighted by Crippen LogP contribution is -2.14. The second-order valence-corrected chi connectivity index (χ2v) is 7.90. The molecule has 1 aliphatic rings. The first-order valence-electron chi connectivity index (χ1n) is 10.6. The Hall–Kier alpha value is -3.36. The van der Waals surface area contributed by atoms with Gasteiger partial charge in [0.25, 0.3) is 0 Å². The van der Waals surface area contributed by atoms with Gasteiger partial charge in [-0.3, -0.25) is 0 Å². The van der Waals surface area contributed by atoms with Gasteiger partial charge in [-0.25, -0.2) is 19.9 Å². The fraction of sp³-hybridized carbons (Fsp3) is 0.304. The fourth-order valence-corrected chi connectivity index (χ4v) is 3.83. The molecule has 0 spiro atoms. The zero-order valence-corrected chi connectivity index (χ0v) is 17.7. The van der Waals surface area contributed by atoms with E-state index in [1.165, 1.54) is 6.42 Å². The average molecular weight is 415 g/mol. The summed E-state index contributed by atoms with van der Waals surface area (Å²) >= 11 is 0. The van der Waals surface area contributed by atoms with Crippen LogP contribution >= 0.6 is 0 Å². The van der Waals surface area contributed by atoms with Crippen molar-refractivity contribution in [2.45, 2.75) is 31.8 Å². The molecule has 1 saturated heterocycles. The standard InChI is InChI=1S/C23H26N8/c1-14(24-2)21-28-12-19(30-21)15-5-7-16(8-6-15)22-26-10-17(11-27-22)20-13-29-23(31-20)18-4-3-9-25-18/h5-8,10-14,18,24-25H,3-4,9H2,1-2H3,(H,28,30)(H,29,31)/t14-,18-/m0/s1. The van der Waals surface area contributed by atoms with Crippen LogP contribution in [0.4, 0.5) is 0 Å². The highest BCUT2D eigenvalue weighted by molar-refractivity contribution is 5.66. The summed E-state index contributed by atoms with van der Waals surface area (Å²) in [5.41, 5.74) is 4.91. The second kappa shape index (κ2) is 8.41. The Kier molecular flexibility index (Phi) is 5.31. The minimum atomic E-state index is 0.181. The van der Waals surface area contributed by atoms with Crippen molar-refractivity contribution in [3.63, 3.8) is 0 Å². The number of benzene rings is 1. The quantitative estimate of drug-likeness (QED) is 0.384. The highest BCUT2D eigenvalue weighted by Crippen LogP contribution is 2.26. The molecule has 2 atom stereocenters. The molecule has 0 aliphatic carbocycles. The van der Waals surface area contributed by atoms with E-state index in [2.05, 4.69) is 59.6 Å². The predicted molar refractivity (Wildman–Crippen MR) is 120 cm³/mol. The summed E-state index contributed by atoms with van der Waals surface area (Å²) in [6.45, 7) is 3.12. The van der Waals surface area contributed by atoms with Gasteiger partial charge in [0.15, 0.2) is 5.82 Å². The molecule has 4 aromatic rings. The maximum Gasteiger partial charge on any atom is 0.159 e. The molecule has 0 amide bonds. The highest BCUT2D eigenvalue weighted by Gasteiger charge is 2.19. The van der Waals surface area contributed by atoms with Crippen molar-refractivity contribution in [2.75, 3.05) is 13.6 Å². The molecular weight excluding hydrogens is 388 g/mol. The van der Waals surface area contributed by atoms with Gasteiger partial charge in [-0.1, -0.05) is 24.3 Å². The third-order valence-corrected chi connectivity index (χ3v) is 5.84. The molecule has 0 radical (unpaired) electrons. The van der Waals surface area contributed by atoms with E-state index in [-0.39, 0.29) is 6.04 Å². The van der Waals surface area contributed by atoms with Crippen molar-refractivity contribution in [3.8, 4) is 33.9 Å². The maximum atomic E-state index is 4.57. The first-order valence-corrected chi connectivity index (χ1v) is 10.6. The predicted octanol–water partition coefficient (Wildman–Crippen LogP) is 3.63. The van der Waals surface area contributed by atoms with E-state index in [4.69, 9.17) is 0 Å². The Morgan fingerprint density at radius 1 is 0.871 bits per heavy atom. The van der Waals surface area contributed by atoms with Crippen LogP contribution in [-0.4, -0.2) is 43.5 Å². The summed E-state index contributed by atoms with van der Waals surface area (Å²) in [5, 5.41) is 6.65. The third kappa shape index (κ3) is 3.99. The topological polar surface area (TPSA) is 107 Å². The molecule has 4 N–H and O–H groups in total. The van der Waals surface area contributed by atoms with Gasteiger partial charge in [0, 0.05) is 23.5 Å². The Balaban J connectivity index is 1.31. The van der Waals surface area contributed by atoms with Gasteiger partial charge in [-0.15, -0.1) is 0 Å². The molecule has 1 aromatic carbocycles. The third-order valence-electron chi connectivity index (χ3n) is 5.84. The molecule has 8 heteroatoms. The van der Waals surface area contributed by atoms with Gasteiger partial charge >= 0.3 is 0 Å². The Labute approximate surface area is 181 Å². The van der Waals surface area contributed by atoms with Gasteiger partial charge in [-0.05, 0) is 38.9 Å². The van der Waals surface area contributed by atoms with Crippen LogP contribution in [0.25, 0.3) is 33.9 Å². The van der Waals surface area contributed by atoms with Crippen LogP contribution in [-0.2, 0) is 0 Å². The highest BCUT2D eigenvalue weighted by atomic mass is 15.0. The average Bonchev–Trinajstić information content (AvgIpc) is 3.60. The molecule has 0 saturated carbocycles. The van der Waals surface area contributed by atoms with Gasteiger partial charge in [-0.2, -0.15) is 0 Å². The molecule has 1 fully saturated rings. The normalized spacial score (nSPS) is 17.2. The molecule has 3 aromatic heterocycles. The van der Waals surface area contributed by atoms with E-state index in [9.17, 15) is 0 Å². The molecule has 1 aliphatic heterocycles. The number of imidazole rings is 2. The summed E-state index contributed by atoms with van der Waals surface area (Å²) in [6.07, 6.45) is 9.71. The molecule has 0 unspecified atom stereocenters. The fourth-order valence-electron chi connectivity index (χ4n) is 3.83. The van der Waals surface area contributed by atoms with E-state index >= 15 is 0 Å². The Morgan fingerprint density at radius 3 is 2.29 bits per heavy atom. The molecule has 0 bridgehead atoms. The zero-order valence-electron chi connectivity index (χ0n) is 17.7. The first kappa shape index (κ1) is 19.6. The van der Waals surface area contributed by atoms with E-state index in [1.807, 2.05) is 44.0 Å². The summed E-state index contributed by atoms with van der Waals surface area (Å²) < 4.78 is 0. The van der Waals surface area contributed by atoms with Crippen molar-refractivity contribution in [2.24, 2.45) is 0 Å². The van der Waals surface area contributed by atoms with Crippen LogP contribution in [0.2, 0.25) is 0 Å². The van der Waals surface area contributed by atoms with E-state index in [1.54, 1.807) is 0 Å². The Morgan fingerprint density at radius 2 is 1.58 bits per heavy atom. The van der Waals surface area contributed by atoms with Gasteiger partial charge in [0.1, 0.15) is 11.6 Å². The van der Waals surface area contributed by atoms with Gasteiger partial charge < -0.3 is 20.6 Å². The number of aromatic amines is 2. The van der Waals surface area contributed by atoms with Crippen molar-refractivity contribution < 1.29 is 0 Å². The van der Waals surface area contributed by atoms with Crippen molar-refractivity contribution in [1.29, 1.82) is 0 Å². The number of nitrogens with zero attached hydrogens (tertiary/aromatic N) is 4. The summed E-state index contributed by atoms with van der Waals surface area (Å²) in [5.74, 6) is 2.60. The molecule has 8 nitrogen and oxygen atoms in total. The number of hydrogen-bond acceptors (Lipinski definition) is 6. The molecule has 5 rings (SSSR count). The minimum Gasteiger partial charge on any atom is -0.341 e. The van der Waals surface area contributed by atoms with Crippen LogP contribution in [0.1, 0.15) is 43.5 Å². The van der Waals surface area contributed by atoms with Crippen LogP contribution in [0, 0.1) is 0 Å². The van der Waals surface area contributed by atoms with E-state index < -0.39 is 0 Å². The smallest absolute Gasteiger partial charge is 0.159 e. The number of hydrogen-bond donors (Lipinski definition) is 4. The van der Waals surface area contributed by atoms with Gasteiger partial charge in [0.05, 0.1) is 35.9 Å². The van der Waals surface area contributed by atoms with E-state index in [0.717, 1.165) is 52.7 Å². The largest absolute Gasteiger partial charge is 0.341 e. The number of H-pyrrole nitrogens is 2. The molecule has 158 valence electrons. The van der Waals surface area contributed by atoms with Crippen LogP contribution < -0.4 is 10.6 Å². The summed E-state index contributed by atoms with van der Waals surface area (Å²) in [6, 6.07) is 8.69. The van der Waals surface area contributed by atoms with Crippen LogP contribution in [0.5, 0.6) is 0 Å². The first-order chi connectivity index (χ1) is 15.2. The lowest BCUT2D eigenvalue weighted by Gasteiger charge is -2.06. The van der Waals surface area contributed by atoms with Crippen molar-refractivity contribution >= 4 is 0 Å². The lowest BCUT2D eigenvalue weighted by molar-refractivity contribution is 0.613. The zero-order chi connectivity index (χ0) is 21.2. The number of rotatable bonds is 6. The lowest BCUT2D eigenvalue weighted by atomic mass is 10.1. The van der Waals surface area contributed by atoms with Crippen molar-refractivity contribution in [3.05, 3.63) is 60.7 Å². The SMILES string of the molecule is CN[C@@H](C)c1ncc(-c2ccc(-c3ncc(-c4cnc([C@@H]5CCCN5)[nH]4)cn3)cc2)[nH]1. The van der Waals surface area contributed by atoms with E-state index in [0.29, 0.717) is 11.9 Å².